The van der Waals surface area contributed by atoms with Crippen molar-refractivity contribution in [1.82, 2.24) is 0 Å². The molecule has 0 unspecified atom stereocenters. The van der Waals surface area contributed by atoms with Crippen molar-refractivity contribution in [2.24, 2.45) is 0 Å². The molecule has 0 fully saturated rings. The van der Waals surface area contributed by atoms with E-state index in [1.165, 1.54) is 68.6 Å². The molecule has 0 aromatic rings. The van der Waals surface area contributed by atoms with Gasteiger partial charge in [0.05, 0.1) is 1.93 Å². The van der Waals surface area contributed by atoms with Crippen LogP contribution in [0.3, 0.4) is 0 Å². The average Bonchev–Trinajstić information content (AvgIpc) is 2.20. The van der Waals surface area contributed by atoms with Gasteiger partial charge in [-0.2, -0.15) is 0 Å². The van der Waals surface area contributed by atoms with Gasteiger partial charge in [-0.15, -0.1) is 0 Å². The summed E-state index contributed by atoms with van der Waals surface area (Å²) in [7, 11) is 0. The molecule has 0 aliphatic rings. The highest BCUT2D eigenvalue weighted by atomic mass is 127. The molecule has 0 saturated heterocycles. The molecule has 0 nitrogen and oxygen atoms in total. The van der Waals surface area contributed by atoms with E-state index >= 15 is 0 Å². The van der Waals surface area contributed by atoms with Crippen LogP contribution < -0.4 is 0 Å². The van der Waals surface area contributed by atoms with E-state index in [1.807, 2.05) is 0 Å². The van der Waals surface area contributed by atoms with Crippen LogP contribution in [0.4, 0.5) is 0 Å². The molecule has 0 bridgehead atoms. The van der Waals surface area contributed by atoms with Crippen LogP contribution in [0, 0.1) is 0 Å². The lowest BCUT2D eigenvalue weighted by Gasteiger charge is -2.02. The summed E-state index contributed by atoms with van der Waals surface area (Å²) in [6, 6.07) is 0. The molecule has 0 aliphatic heterocycles. The van der Waals surface area contributed by atoms with Crippen LogP contribution in [0.5, 0.6) is 0 Å². The maximum atomic E-state index is 2.52. The minimum atomic E-state index is 0.841. The molecule has 0 heterocycles. The van der Waals surface area contributed by atoms with E-state index in [4.69, 9.17) is 0 Å². The van der Waals surface area contributed by atoms with E-state index in [0.717, 1.165) is 1.93 Å². The molecule has 0 radical (unpaired) electrons. The lowest BCUT2D eigenvalue weighted by molar-refractivity contribution is 0.564. The minimum Gasteiger partial charge on any atom is -0.0864 e. The summed E-state index contributed by atoms with van der Waals surface area (Å²) in [5.74, 6) is 0. The van der Waals surface area contributed by atoms with Gasteiger partial charge in [0.25, 0.3) is 0 Å². The number of alkyl halides is 3. The van der Waals surface area contributed by atoms with Crippen molar-refractivity contribution in [3.63, 3.8) is 0 Å². The number of hydrogen-bond acceptors (Lipinski definition) is 0. The van der Waals surface area contributed by atoms with Crippen LogP contribution >= 0.6 is 67.8 Å². The molecule has 0 spiro atoms. The summed E-state index contributed by atoms with van der Waals surface area (Å²) in [5, 5.41) is 0. The molecule has 0 aromatic carbocycles. The Morgan fingerprint density at radius 1 is 0.600 bits per heavy atom. The molecule has 92 valence electrons. The van der Waals surface area contributed by atoms with Gasteiger partial charge in [-0.25, -0.2) is 0 Å². The van der Waals surface area contributed by atoms with Gasteiger partial charge in [0.15, 0.2) is 0 Å². The Hall–Kier alpha value is 2.19. The van der Waals surface area contributed by atoms with Crippen molar-refractivity contribution in [2.45, 2.75) is 66.1 Å². The Morgan fingerprint density at radius 2 is 1.00 bits per heavy atom. The first-order chi connectivity index (χ1) is 7.27. The lowest BCUT2D eigenvalue weighted by Crippen LogP contribution is -1.86. The van der Waals surface area contributed by atoms with Gasteiger partial charge in [-0.1, -0.05) is 119 Å². The Labute approximate surface area is 137 Å². The van der Waals surface area contributed by atoms with Crippen LogP contribution in [0.15, 0.2) is 0 Å². The third-order valence-corrected chi connectivity index (χ3v) is 4.56. The molecule has 0 rings (SSSR count). The van der Waals surface area contributed by atoms with Crippen molar-refractivity contribution < 1.29 is 0 Å². The molecule has 0 aromatic heterocycles. The van der Waals surface area contributed by atoms with E-state index in [2.05, 4.69) is 67.8 Å². The summed E-state index contributed by atoms with van der Waals surface area (Å²) in [6.45, 7) is 0. The molecular weight excluding hydrogens is 525 g/mol. The monoisotopic (exact) mass is 548 g/mol. The molecular formula is C12H23I3. The first-order valence-electron chi connectivity index (χ1n) is 6.11. The zero-order valence-electron chi connectivity index (χ0n) is 9.49. The average molecular weight is 548 g/mol. The summed E-state index contributed by atoms with van der Waals surface area (Å²) in [5.41, 5.74) is 0. The Kier molecular flexibility index (Phi) is 16.3. The second-order valence-corrected chi connectivity index (χ2v) is 10.5. The summed E-state index contributed by atoms with van der Waals surface area (Å²) in [6.07, 6.45) is 14.5. The van der Waals surface area contributed by atoms with E-state index < -0.39 is 0 Å². The number of unbranched alkanes of at least 4 members (excludes halogenated alkanes) is 8. The SMILES string of the molecule is ICCCCCCCCCCCC(I)I. The standard InChI is InChI=1S/C12H23I3/c13-11-9-7-5-3-1-2-4-6-8-10-12(14)15/h12H,1-11H2. The highest BCUT2D eigenvalue weighted by Gasteiger charge is 1.97. The van der Waals surface area contributed by atoms with Crippen LogP contribution in [0.1, 0.15) is 64.2 Å². The Bertz CT molecular complexity index is 115. The number of halogens is 3. The summed E-state index contributed by atoms with van der Waals surface area (Å²) >= 11 is 7.51. The van der Waals surface area contributed by atoms with Crippen LogP contribution in [-0.4, -0.2) is 6.36 Å². The quantitative estimate of drug-likeness (QED) is 0.157. The normalized spacial score (nSPS) is 11.2. The number of rotatable bonds is 11. The van der Waals surface area contributed by atoms with Gasteiger partial charge >= 0.3 is 0 Å². The van der Waals surface area contributed by atoms with E-state index in [0.29, 0.717) is 0 Å². The smallest absolute Gasteiger partial charge is 0.0626 e. The van der Waals surface area contributed by atoms with E-state index in [9.17, 15) is 0 Å². The second kappa shape index (κ2) is 14.3. The van der Waals surface area contributed by atoms with E-state index in [-0.39, 0.29) is 0 Å². The van der Waals surface area contributed by atoms with Gasteiger partial charge in [-0.05, 0) is 17.3 Å². The maximum absolute atomic E-state index is 2.52. The minimum absolute atomic E-state index is 0.841. The fraction of sp³-hybridized carbons (Fsp3) is 1.00. The van der Waals surface area contributed by atoms with Gasteiger partial charge in [0.1, 0.15) is 0 Å². The van der Waals surface area contributed by atoms with Crippen molar-refractivity contribution in [3.8, 4) is 0 Å². The fourth-order valence-electron chi connectivity index (χ4n) is 1.63. The molecule has 0 atom stereocenters. The third-order valence-electron chi connectivity index (χ3n) is 2.56. The highest BCUT2D eigenvalue weighted by Crippen LogP contribution is 2.18. The maximum Gasteiger partial charge on any atom is 0.0626 e. The predicted octanol–water partition coefficient (Wildman–Crippen LogP) is 6.52. The van der Waals surface area contributed by atoms with Crippen LogP contribution in [-0.2, 0) is 0 Å². The highest BCUT2D eigenvalue weighted by molar-refractivity contribution is 14.2. The first-order valence-corrected chi connectivity index (χ1v) is 10.1. The zero-order valence-corrected chi connectivity index (χ0v) is 16.0. The van der Waals surface area contributed by atoms with Gasteiger partial charge in [-0.3, -0.25) is 0 Å². The van der Waals surface area contributed by atoms with Crippen molar-refractivity contribution >= 4 is 67.8 Å². The Morgan fingerprint density at radius 3 is 1.40 bits per heavy atom. The third kappa shape index (κ3) is 16.2. The van der Waals surface area contributed by atoms with Crippen molar-refractivity contribution in [2.75, 3.05) is 4.43 Å². The van der Waals surface area contributed by atoms with Gasteiger partial charge in [0, 0.05) is 0 Å². The number of hydrogen-bond donors (Lipinski definition) is 0. The Balaban J connectivity index is 2.87. The largest absolute Gasteiger partial charge is 0.0864 e. The van der Waals surface area contributed by atoms with E-state index in [1.54, 1.807) is 0 Å². The summed E-state index contributed by atoms with van der Waals surface area (Å²) in [4.78, 5) is 0. The fourth-order valence-corrected chi connectivity index (χ4v) is 3.05. The second-order valence-electron chi connectivity index (χ2n) is 4.05. The molecule has 0 amide bonds. The molecule has 0 N–H and O–H groups in total. The topological polar surface area (TPSA) is 0 Å². The van der Waals surface area contributed by atoms with Crippen LogP contribution in [0.25, 0.3) is 0 Å². The zero-order chi connectivity index (χ0) is 11.4. The first kappa shape index (κ1) is 17.2. The predicted molar refractivity (Wildman–Crippen MR) is 96.9 cm³/mol. The van der Waals surface area contributed by atoms with Crippen LogP contribution in [0.2, 0.25) is 0 Å². The molecule has 0 aliphatic carbocycles. The molecule has 15 heavy (non-hydrogen) atoms. The summed E-state index contributed by atoms with van der Waals surface area (Å²) < 4.78 is 2.18. The lowest BCUT2D eigenvalue weighted by atomic mass is 10.1. The van der Waals surface area contributed by atoms with Gasteiger partial charge < -0.3 is 0 Å². The van der Waals surface area contributed by atoms with Gasteiger partial charge in [0.2, 0.25) is 0 Å². The molecule has 3 heteroatoms. The van der Waals surface area contributed by atoms with Crippen molar-refractivity contribution in [3.05, 3.63) is 0 Å². The molecule has 0 saturated carbocycles. The van der Waals surface area contributed by atoms with Crippen molar-refractivity contribution in [1.29, 1.82) is 0 Å².